The van der Waals surface area contributed by atoms with Gasteiger partial charge >= 0.3 is 5.97 Å². The summed E-state index contributed by atoms with van der Waals surface area (Å²) in [4.78, 5) is 12.6. The molecule has 0 spiro atoms. The maximum absolute atomic E-state index is 10.7. The Morgan fingerprint density at radius 1 is 1.47 bits per heavy atom. The maximum atomic E-state index is 10.7. The summed E-state index contributed by atoms with van der Waals surface area (Å²) in [5.74, 6) is 0.147. The van der Waals surface area contributed by atoms with Crippen molar-refractivity contribution >= 4 is 5.97 Å². The van der Waals surface area contributed by atoms with Gasteiger partial charge in [-0.3, -0.25) is 9.69 Å². The number of aryl methyl sites for hydroxylation is 1. The van der Waals surface area contributed by atoms with E-state index in [4.69, 9.17) is 9.84 Å². The monoisotopic (exact) mass is 235 g/mol. The Labute approximate surface area is 101 Å². The molecule has 0 saturated carbocycles. The summed E-state index contributed by atoms with van der Waals surface area (Å²) in [7, 11) is 1.67. The van der Waals surface area contributed by atoms with Crippen molar-refractivity contribution in [3.8, 4) is 5.75 Å². The summed E-state index contributed by atoms with van der Waals surface area (Å²) < 4.78 is 5.29. The number of benzene rings is 1. The van der Waals surface area contributed by atoms with Crippen LogP contribution in [0.4, 0.5) is 0 Å². The van der Waals surface area contributed by atoms with Crippen LogP contribution in [0.5, 0.6) is 5.75 Å². The zero-order chi connectivity index (χ0) is 12.4. The van der Waals surface area contributed by atoms with Gasteiger partial charge in [0.15, 0.2) is 0 Å². The van der Waals surface area contributed by atoms with Gasteiger partial charge in [0.2, 0.25) is 0 Å². The average molecular weight is 235 g/mol. The number of aliphatic carboxylic acids is 1. The molecule has 0 aromatic heterocycles. The molecule has 1 aliphatic rings. The number of hydrogen-bond acceptors (Lipinski definition) is 3. The van der Waals surface area contributed by atoms with Crippen LogP contribution >= 0.6 is 0 Å². The Kier molecular flexibility index (Phi) is 3.33. The Morgan fingerprint density at radius 3 is 2.88 bits per heavy atom. The van der Waals surface area contributed by atoms with Crippen LogP contribution in [0, 0.1) is 6.92 Å². The van der Waals surface area contributed by atoms with Gasteiger partial charge in [0.1, 0.15) is 5.75 Å². The standard InChI is InChI=1S/C13H17NO3/c1-9-5-11-7-14(8-13(15)16)4-3-10(11)6-12(9)17-2/h5-6H,3-4,7-8H2,1-2H3,(H,15,16). The Morgan fingerprint density at radius 2 is 2.24 bits per heavy atom. The van der Waals surface area contributed by atoms with E-state index in [-0.39, 0.29) is 6.54 Å². The van der Waals surface area contributed by atoms with Gasteiger partial charge in [-0.2, -0.15) is 0 Å². The molecule has 0 amide bonds. The van der Waals surface area contributed by atoms with Crippen LogP contribution in [0.15, 0.2) is 12.1 Å². The molecule has 1 aromatic rings. The summed E-state index contributed by atoms with van der Waals surface area (Å²) in [6.45, 7) is 3.64. The quantitative estimate of drug-likeness (QED) is 0.861. The molecule has 0 bridgehead atoms. The number of carboxylic acids is 1. The molecule has 4 heteroatoms. The summed E-state index contributed by atoms with van der Waals surface area (Å²) in [6, 6.07) is 4.17. The van der Waals surface area contributed by atoms with E-state index in [2.05, 4.69) is 12.1 Å². The van der Waals surface area contributed by atoms with E-state index in [1.807, 2.05) is 11.8 Å². The third kappa shape index (κ3) is 2.58. The van der Waals surface area contributed by atoms with Crippen molar-refractivity contribution in [3.63, 3.8) is 0 Å². The lowest BCUT2D eigenvalue weighted by molar-refractivity contribution is -0.138. The van der Waals surface area contributed by atoms with Crippen LogP contribution in [0.25, 0.3) is 0 Å². The molecule has 0 radical (unpaired) electrons. The molecule has 1 aromatic carbocycles. The number of rotatable bonds is 3. The van der Waals surface area contributed by atoms with E-state index in [1.54, 1.807) is 7.11 Å². The highest BCUT2D eigenvalue weighted by Gasteiger charge is 2.19. The van der Waals surface area contributed by atoms with Gasteiger partial charge < -0.3 is 9.84 Å². The number of ether oxygens (including phenoxy) is 1. The Hall–Kier alpha value is -1.55. The van der Waals surface area contributed by atoms with Gasteiger partial charge in [-0.15, -0.1) is 0 Å². The average Bonchev–Trinajstić information content (AvgIpc) is 2.27. The van der Waals surface area contributed by atoms with Crippen molar-refractivity contribution in [2.75, 3.05) is 20.2 Å². The summed E-state index contributed by atoms with van der Waals surface area (Å²) >= 11 is 0. The number of carbonyl (C=O) groups is 1. The summed E-state index contributed by atoms with van der Waals surface area (Å²) in [6.07, 6.45) is 0.888. The minimum Gasteiger partial charge on any atom is -0.496 e. The lowest BCUT2D eigenvalue weighted by Crippen LogP contribution is -2.34. The van der Waals surface area contributed by atoms with Crippen LogP contribution in [-0.2, 0) is 17.8 Å². The Balaban J connectivity index is 2.21. The molecular formula is C13H17NO3. The van der Waals surface area contributed by atoms with Crippen LogP contribution in [0.2, 0.25) is 0 Å². The van der Waals surface area contributed by atoms with E-state index >= 15 is 0 Å². The van der Waals surface area contributed by atoms with Crippen molar-refractivity contribution in [2.45, 2.75) is 19.9 Å². The van der Waals surface area contributed by atoms with Crippen molar-refractivity contribution in [1.29, 1.82) is 0 Å². The first kappa shape index (κ1) is 11.9. The Bertz CT molecular complexity index is 443. The van der Waals surface area contributed by atoms with Gasteiger partial charge in [-0.05, 0) is 36.1 Å². The maximum Gasteiger partial charge on any atom is 0.317 e. The van der Waals surface area contributed by atoms with Crippen molar-refractivity contribution in [3.05, 3.63) is 28.8 Å². The third-order valence-electron chi connectivity index (χ3n) is 3.17. The molecule has 0 saturated heterocycles. The first-order valence-corrected chi connectivity index (χ1v) is 5.70. The molecule has 1 N–H and O–H groups in total. The minimum absolute atomic E-state index is 0.116. The second kappa shape index (κ2) is 4.75. The van der Waals surface area contributed by atoms with E-state index in [0.29, 0.717) is 6.54 Å². The first-order valence-electron chi connectivity index (χ1n) is 5.70. The van der Waals surface area contributed by atoms with Crippen molar-refractivity contribution in [1.82, 2.24) is 4.90 Å². The second-order valence-electron chi connectivity index (χ2n) is 4.44. The lowest BCUT2D eigenvalue weighted by Gasteiger charge is -2.28. The predicted octanol–water partition coefficient (Wildman–Crippen LogP) is 1.45. The predicted molar refractivity (Wildman–Crippen MR) is 64.3 cm³/mol. The molecule has 0 fully saturated rings. The second-order valence-corrected chi connectivity index (χ2v) is 4.44. The molecule has 0 unspecified atom stereocenters. The fourth-order valence-electron chi connectivity index (χ4n) is 2.31. The van der Waals surface area contributed by atoms with E-state index in [0.717, 1.165) is 24.3 Å². The molecule has 92 valence electrons. The molecule has 0 atom stereocenters. The zero-order valence-corrected chi connectivity index (χ0v) is 10.2. The molecule has 2 rings (SSSR count). The molecule has 1 heterocycles. The van der Waals surface area contributed by atoms with E-state index in [9.17, 15) is 4.79 Å². The number of carboxylic acid groups (broad SMARTS) is 1. The fraction of sp³-hybridized carbons (Fsp3) is 0.462. The molecular weight excluding hydrogens is 218 g/mol. The first-order chi connectivity index (χ1) is 8.10. The van der Waals surface area contributed by atoms with Gasteiger partial charge in [0, 0.05) is 13.1 Å². The van der Waals surface area contributed by atoms with Crippen LogP contribution in [0.3, 0.4) is 0 Å². The van der Waals surface area contributed by atoms with Crippen LogP contribution in [0.1, 0.15) is 16.7 Å². The topological polar surface area (TPSA) is 49.8 Å². The number of fused-ring (bicyclic) bond motifs is 1. The highest BCUT2D eigenvalue weighted by atomic mass is 16.5. The highest BCUT2D eigenvalue weighted by Crippen LogP contribution is 2.27. The van der Waals surface area contributed by atoms with Crippen molar-refractivity contribution < 1.29 is 14.6 Å². The van der Waals surface area contributed by atoms with E-state index < -0.39 is 5.97 Å². The third-order valence-corrected chi connectivity index (χ3v) is 3.17. The molecule has 4 nitrogen and oxygen atoms in total. The summed E-state index contributed by atoms with van der Waals surface area (Å²) in [5.41, 5.74) is 3.59. The zero-order valence-electron chi connectivity index (χ0n) is 10.2. The van der Waals surface area contributed by atoms with Gasteiger partial charge in [-0.1, -0.05) is 6.07 Å². The van der Waals surface area contributed by atoms with Crippen LogP contribution < -0.4 is 4.74 Å². The highest BCUT2D eigenvalue weighted by molar-refractivity contribution is 5.69. The lowest BCUT2D eigenvalue weighted by atomic mass is 9.97. The number of methoxy groups -OCH3 is 1. The molecule has 1 aliphatic heterocycles. The van der Waals surface area contributed by atoms with Gasteiger partial charge in [-0.25, -0.2) is 0 Å². The summed E-state index contributed by atoms with van der Waals surface area (Å²) in [5, 5.41) is 8.79. The fourth-order valence-corrected chi connectivity index (χ4v) is 2.31. The van der Waals surface area contributed by atoms with Crippen LogP contribution in [-0.4, -0.2) is 36.2 Å². The normalized spacial score (nSPS) is 15.4. The van der Waals surface area contributed by atoms with Gasteiger partial charge in [0.25, 0.3) is 0 Å². The minimum atomic E-state index is -0.765. The largest absolute Gasteiger partial charge is 0.496 e. The smallest absolute Gasteiger partial charge is 0.317 e. The van der Waals surface area contributed by atoms with E-state index in [1.165, 1.54) is 11.1 Å². The number of nitrogens with zero attached hydrogens (tertiary/aromatic N) is 1. The molecule has 0 aliphatic carbocycles. The molecule has 17 heavy (non-hydrogen) atoms. The van der Waals surface area contributed by atoms with Crippen molar-refractivity contribution in [2.24, 2.45) is 0 Å². The SMILES string of the molecule is COc1cc2c(cc1C)CN(CC(=O)O)CC2. The van der Waals surface area contributed by atoms with Gasteiger partial charge in [0.05, 0.1) is 13.7 Å². The number of hydrogen-bond donors (Lipinski definition) is 1.